The lowest BCUT2D eigenvalue weighted by molar-refractivity contribution is 0.341. The Labute approximate surface area is 168 Å². The van der Waals surface area contributed by atoms with Gasteiger partial charge in [0.05, 0.1) is 28.4 Å². The predicted octanol–water partition coefficient (Wildman–Crippen LogP) is 5.78. The minimum absolute atomic E-state index is 0.347. The summed E-state index contributed by atoms with van der Waals surface area (Å²) < 4.78 is 22.8. The molecule has 0 spiro atoms. The van der Waals surface area contributed by atoms with E-state index in [1.54, 1.807) is 28.4 Å². The molecule has 2 aromatic carbocycles. The van der Waals surface area contributed by atoms with Crippen molar-refractivity contribution in [3.8, 4) is 23.0 Å². The molecule has 0 bridgehead atoms. The highest BCUT2D eigenvalue weighted by molar-refractivity contribution is 5.52. The molecule has 0 aliphatic heterocycles. The lowest BCUT2D eigenvalue weighted by Gasteiger charge is -2.34. The van der Waals surface area contributed by atoms with Gasteiger partial charge in [0.1, 0.15) is 23.0 Å². The van der Waals surface area contributed by atoms with Crippen molar-refractivity contribution < 1.29 is 18.9 Å². The summed E-state index contributed by atoms with van der Waals surface area (Å²) in [5.74, 6) is 4.39. The molecule has 0 radical (unpaired) electrons. The first-order valence-electron chi connectivity index (χ1n) is 9.99. The van der Waals surface area contributed by atoms with Crippen LogP contribution in [0.15, 0.2) is 24.3 Å². The van der Waals surface area contributed by atoms with E-state index in [4.69, 9.17) is 18.9 Å². The summed E-state index contributed by atoms with van der Waals surface area (Å²) in [6.45, 7) is 4.11. The van der Waals surface area contributed by atoms with Gasteiger partial charge in [-0.05, 0) is 73.9 Å². The Bertz CT molecular complexity index is 758. The average Bonchev–Trinajstić information content (AvgIpc) is 2.73. The molecule has 0 amide bonds. The maximum atomic E-state index is 5.77. The summed E-state index contributed by atoms with van der Waals surface area (Å²) in [7, 11) is 6.95. The number of methoxy groups -OCH3 is 4. The van der Waals surface area contributed by atoms with Crippen molar-refractivity contribution >= 4 is 0 Å². The maximum Gasteiger partial charge on any atom is 0.122 e. The van der Waals surface area contributed by atoms with Crippen LogP contribution in [0.25, 0.3) is 0 Å². The normalized spacial score (nSPS) is 19.2. The van der Waals surface area contributed by atoms with Crippen LogP contribution in [-0.2, 0) is 0 Å². The Kier molecular flexibility index (Phi) is 6.38. The highest BCUT2D eigenvalue weighted by Crippen LogP contribution is 2.50. The number of hydrogen-bond acceptors (Lipinski definition) is 4. The van der Waals surface area contributed by atoms with Gasteiger partial charge < -0.3 is 18.9 Å². The fourth-order valence-corrected chi connectivity index (χ4v) is 4.60. The fourth-order valence-electron chi connectivity index (χ4n) is 4.60. The molecule has 0 aromatic heterocycles. The van der Waals surface area contributed by atoms with Gasteiger partial charge in [-0.3, -0.25) is 0 Å². The van der Waals surface area contributed by atoms with Gasteiger partial charge in [-0.1, -0.05) is 12.8 Å². The topological polar surface area (TPSA) is 36.9 Å². The van der Waals surface area contributed by atoms with Crippen LogP contribution in [0.4, 0.5) is 0 Å². The lowest BCUT2D eigenvalue weighted by Crippen LogP contribution is -2.18. The molecule has 0 heterocycles. The molecule has 4 nitrogen and oxygen atoms in total. The summed E-state index contributed by atoms with van der Waals surface area (Å²) in [6, 6.07) is 8.50. The lowest BCUT2D eigenvalue weighted by atomic mass is 9.71. The number of rotatable bonds is 6. The van der Waals surface area contributed by atoms with Crippen molar-refractivity contribution in [3.63, 3.8) is 0 Å². The summed E-state index contributed by atoms with van der Waals surface area (Å²) in [5, 5.41) is 0. The van der Waals surface area contributed by atoms with E-state index in [1.807, 2.05) is 0 Å². The Balaban J connectivity index is 2.12. The van der Waals surface area contributed by atoms with Crippen LogP contribution >= 0.6 is 0 Å². The first-order valence-corrected chi connectivity index (χ1v) is 9.99. The Morgan fingerprint density at radius 2 is 0.929 bits per heavy atom. The summed E-state index contributed by atoms with van der Waals surface area (Å²) in [4.78, 5) is 0. The molecule has 4 heteroatoms. The Morgan fingerprint density at radius 1 is 0.571 bits per heavy atom. The molecule has 2 atom stereocenters. The Hall–Kier alpha value is -2.36. The van der Waals surface area contributed by atoms with E-state index in [0.717, 1.165) is 47.0 Å². The second-order valence-electron chi connectivity index (χ2n) is 7.63. The molecule has 1 aliphatic carbocycles. The average molecular weight is 385 g/mol. The van der Waals surface area contributed by atoms with E-state index in [2.05, 4.69) is 38.1 Å². The SMILES string of the molecule is COc1cc(C2CCCCC2c2cc(OC)c(C)cc2OC)c(OC)cc1C. The second-order valence-corrected chi connectivity index (χ2v) is 7.63. The van der Waals surface area contributed by atoms with Crippen molar-refractivity contribution in [3.05, 3.63) is 46.5 Å². The summed E-state index contributed by atoms with van der Waals surface area (Å²) in [6.07, 6.45) is 4.66. The highest BCUT2D eigenvalue weighted by Gasteiger charge is 2.33. The third-order valence-corrected chi connectivity index (χ3v) is 6.06. The zero-order valence-electron chi connectivity index (χ0n) is 17.9. The van der Waals surface area contributed by atoms with E-state index in [9.17, 15) is 0 Å². The van der Waals surface area contributed by atoms with Crippen molar-refractivity contribution in [2.24, 2.45) is 0 Å². The summed E-state index contributed by atoms with van der Waals surface area (Å²) >= 11 is 0. The molecule has 152 valence electrons. The molecule has 1 saturated carbocycles. The monoisotopic (exact) mass is 384 g/mol. The molecule has 28 heavy (non-hydrogen) atoms. The van der Waals surface area contributed by atoms with E-state index < -0.39 is 0 Å². The van der Waals surface area contributed by atoms with Crippen molar-refractivity contribution in [2.75, 3.05) is 28.4 Å². The van der Waals surface area contributed by atoms with Gasteiger partial charge in [-0.15, -0.1) is 0 Å². The van der Waals surface area contributed by atoms with Crippen LogP contribution in [0.5, 0.6) is 23.0 Å². The van der Waals surface area contributed by atoms with E-state index in [0.29, 0.717) is 11.8 Å². The van der Waals surface area contributed by atoms with Gasteiger partial charge >= 0.3 is 0 Å². The molecular formula is C24H32O4. The van der Waals surface area contributed by atoms with Gasteiger partial charge in [0, 0.05) is 11.1 Å². The first-order chi connectivity index (χ1) is 13.5. The van der Waals surface area contributed by atoms with Crippen LogP contribution in [0.2, 0.25) is 0 Å². The minimum Gasteiger partial charge on any atom is -0.496 e. The molecule has 3 rings (SSSR count). The van der Waals surface area contributed by atoms with Crippen molar-refractivity contribution in [2.45, 2.75) is 51.4 Å². The number of hydrogen-bond donors (Lipinski definition) is 0. The van der Waals surface area contributed by atoms with Crippen LogP contribution in [0.1, 0.15) is 59.8 Å². The second kappa shape index (κ2) is 8.76. The van der Waals surface area contributed by atoms with Crippen LogP contribution in [-0.4, -0.2) is 28.4 Å². The number of aryl methyl sites for hydroxylation is 2. The smallest absolute Gasteiger partial charge is 0.122 e. The quantitative estimate of drug-likeness (QED) is 0.633. The van der Waals surface area contributed by atoms with E-state index in [1.165, 1.54) is 24.0 Å². The molecule has 1 aliphatic rings. The van der Waals surface area contributed by atoms with Gasteiger partial charge in [-0.2, -0.15) is 0 Å². The fraction of sp³-hybridized carbons (Fsp3) is 0.500. The minimum atomic E-state index is 0.347. The largest absolute Gasteiger partial charge is 0.496 e. The van der Waals surface area contributed by atoms with Gasteiger partial charge in [-0.25, -0.2) is 0 Å². The Morgan fingerprint density at radius 3 is 1.25 bits per heavy atom. The van der Waals surface area contributed by atoms with E-state index >= 15 is 0 Å². The standard InChI is InChI=1S/C24H32O4/c1-15-11-23(27-5)19(13-21(15)25-3)17-9-7-8-10-18(17)20-14-22(26-4)16(2)12-24(20)28-6/h11-14,17-18H,7-10H2,1-6H3. The van der Waals surface area contributed by atoms with E-state index in [-0.39, 0.29) is 0 Å². The molecule has 1 fully saturated rings. The van der Waals surface area contributed by atoms with Crippen LogP contribution < -0.4 is 18.9 Å². The predicted molar refractivity (Wildman–Crippen MR) is 113 cm³/mol. The first kappa shape index (κ1) is 20.4. The zero-order valence-corrected chi connectivity index (χ0v) is 17.9. The maximum absolute atomic E-state index is 5.77. The van der Waals surface area contributed by atoms with Crippen molar-refractivity contribution in [1.29, 1.82) is 0 Å². The number of benzene rings is 2. The van der Waals surface area contributed by atoms with Crippen molar-refractivity contribution in [1.82, 2.24) is 0 Å². The molecule has 0 saturated heterocycles. The third kappa shape index (κ3) is 3.78. The highest BCUT2D eigenvalue weighted by atomic mass is 16.5. The molecule has 2 aromatic rings. The van der Waals surface area contributed by atoms with Gasteiger partial charge in [0.25, 0.3) is 0 Å². The molecular weight excluding hydrogens is 352 g/mol. The summed E-state index contributed by atoms with van der Waals surface area (Å²) in [5.41, 5.74) is 4.61. The zero-order chi connectivity index (χ0) is 20.3. The third-order valence-electron chi connectivity index (χ3n) is 6.06. The van der Waals surface area contributed by atoms with Crippen LogP contribution in [0.3, 0.4) is 0 Å². The van der Waals surface area contributed by atoms with Gasteiger partial charge in [0.15, 0.2) is 0 Å². The number of ether oxygens (including phenoxy) is 4. The van der Waals surface area contributed by atoms with Gasteiger partial charge in [0.2, 0.25) is 0 Å². The molecule has 0 N–H and O–H groups in total. The molecule has 2 unspecified atom stereocenters. The van der Waals surface area contributed by atoms with Crippen LogP contribution in [0, 0.1) is 13.8 Å².